The quantitative estimate of drug-likeness (QED) is 0.111. The summed E-state index contributed by atoms with van der Waals surface area (Å²) in [4.78, 5) is 9.15. The Hall–Kier alpha value is -6.46. The molecule has 0 fully saturated rings. The van der Waals surface area contributed by atoms with Gasteiger partial charge >= 0.3 is 0 Å². The molecule has 5 nitrogen and oxygen atoms in total. The Balaban J connectivity index is 1.22. The molecule has 5 aromatic carbocycles. The number of hydrazone groups is 1. The van der Waals surface area contributed by atoms with E-state index in [-0.39, 0.29) is 0 Å². The zero-order chi connectivity index (χ0) is 32.5. The van der Waals surface area contributed by atoms with E-state index >= 15 is 0 Å². The minimum atomic E-state index is 0.294. The van der Waals surface area contributed by atoms with Crippen LogP contribution in [0.15, 0.2) is 163 Å². The Morgan fingerprint density at radius 2 is 1.19 bits per heavy atom. The lowest BCUT2D eigenvalue weighted by molar-refractivity contribution is 1.24. The van der Waals surface area contributed by atoms with Crippen molar-refractivity contribution < 1.29 is 0 Å². The molecule has 0 bridgehead atoms. The molecule has 2 heterocycles. The Labute approximate surface area is 279 Å². The molecule has 5 heteroatoms. The fraction of sp³-hybridized carbons (Fsp3) is 0.0233. The SMILES string of the molecule is Cc1ccnc(C2=C/C(=N/Nc3cccc(-c4c5ccccc5c(-c5ccccc5)c5ccccc45)c3)C(=N)C(c3ccccn3)=C2)c1. The molecular formula is C43H31N5. The summed E-state index contributed by atoms with van der Waals surface area (Å²) in [5.41, 5.74) is 13.8. The molecule has 0 radical (unpaired) electrons. The van der Waals surface area contributed by atoms with E-state index in [2.05, 4.69) is 112 Å². The molecule has 1 aliphatic rings. The number of benzene rings is 5. The normalized spacial score (nSPS) is 13.9. The number of fused-ring (bicyclic) bond motifs is 2. The number of nitrogens with one attached hydrogen (secondary N) is 2. The van der Waals surface area contributed by atoms with E-state index < -0.39 is 0 Å². The summed E-state index contributed by atoms with van der Waals surface area (Å²) in [6, 6.07) is 46.0. The van der Waals surface area contributed by atoms with Crippen LogP contribution in [0.5, 0.6) is 0 Å². The van der Waals surface area contributed by atoms with Gasteiger partial charge in [-0.15, -0.1) is 0 Å². The van der Waals surface area contributed by atoms with Gasteiger partial charge in [-0.1, -0.05) is 97.1 Å². The lowest BCUT2D eigenvalue weighted by Crippen LogP contribution is -2.19. The van der Waals surface area contributed by atoms with E-state index in [1.807, 2.05) is 55.5 Å². The van der Waals surface area contributed by atoms with Gasteiger partial charge < -0.3 is 0 Å². The third kappa shape index (κ3) is 5.37. The van der Waals surface area contributed by atoms with Crippen molar-refractivity contribution in [1.82, 2.24) is 9.97 Å². The molecule has 48 heavy (non-hydrogen) atoms. The fourth-order valence-electron chi connectivity index (χ4n) is 6.51. The van der Waals surface area contributed by atoms with Gasteiger partial charge in [0, 0.05) is 23.5 Å². The summed E-state index contributed by atoms with van der Waals surface area (Å²) in [6.45, 7) is 2.05. The number of rotatable bonds is 6. The third-order valence-electron chi connectivity index (χ3n) is 8.72. The number of aromatic nitrogens is 2. The van der Waals surface area contributed by atoms with Crippen molar-refractivity contribution >= 4 is 49.8 Å². The summed E-state index contributed by atoms with van der Waals surface area (Å²) < 4.78 is 0. The largest absolute Gasteiger partial charge is 0.298 e. The van der Waals surface area contributed by atoms with Crippen molar-refractivity contribution in [2.75, 3.05) is 5.43 Å². The van der Waals surface area contributed by atoms with Crippen LogP contribution in [-0.4, -0.2) is 21.4 Å². The van der Waals surface area contributed by atoms with Gasteiger partial charge in [0.05, 0.1) is 22.8 Å². The van der Waals surface area contributed by atoms with E-state index in [0.29, 0.717) is 22.7 Å². The topological polar surface area (TPSA) is 74.0 Å². The van der Waals surface area contributed by atoms with Crippen LogP contribution in [0.1, 0.15) is 17.0 Å². The van der Waals surface area contributed by atoms with Crippen molar-refractivity contribution in [2.45, 2.75) is 6.92 Å². The lowest BCUT2D eigenvalue weighted by atomic mass is 9.86. The molecule has 0 amide bonds. The number of pyridine rings is 2. The second kappa shape index (κ2) is 12.4. The van der Waals surface area contributed by atoms with Crippen LogP contribution in [0.2, 0.25) is 0 Å². The highest BCUT2D eigenvalue weighted by atomic mass is 15.3. The highest BCUT2D eigenvalue weighted by molar-refractivity contribution is 6.62. The van der Waals surface area contributed by atoms with Crippen LogP contribution >= 0.6 is 0 Å². The van der Waals surface area contributed by atoms with Crippen molar-refractivity contribution in [1.29, 1.82) is 5.41 Å². The highest BCUT2D eigenvalue weighted by Crippen LogP contribution is 2.43. The van der Waals surface area contributed by atoms with E-state index in [1.54, 1.807) is 12.4 Å². The predicted octanol–water partition coefficient (Wildman–Crippen LogP) is 10.4. The van der Waals surface area contributed by atoms with Gasteiger partial charge in [-0.25, -0.2) is 0 Å². The third-order valence-corrected chi connectivity index (χ3v) is 8.72. The van der Waals surface area contributed by atoms with E-state index in [9.17, 15) is 0 Å². The second-order valence-electron chi connectivity index (χ2n) is 11.9. The highest BCUT2D eigenvalue weighted by Gasteiger charge is 2.22. The van der Waals surface area contributed by atoms with Crippen molar-refractivity contribution in [2.24, 2.45) is 5.10 Å². The first-order valence-corrected chi connectivity index (χ1v) is 15.9. The summed E-state index contributed by atoms with van der Waals surface area (Å²) >= 11 is 0. The van der Waals surface area contributed by atoms with Crippen LogP contribution in [0.4, 0.5) is 5.69 Å². The molecule has 8 rings (SSSR count). The van der Waals surface area contributed by atoms with Gasteiger partial charge in [0.25, 0.3) is 0 Å². The Kier molecular flexibility index (Phi) is 7.48. The maximum absolute atomic E-state index is 9.11. The number of hydrogen-bond donors (Lipinski definition) is 2. The smallest absolute Gasteiger partial charge is 0.110 e. The molecule has 2 aromatic heterocycles. The number of anilines is 1. The average Bonchev–Trinajstić information content (AvgIpc) is 3.14. The van der Waals surface area contributed by atoms with Crippen LogP contribution in [-0.2, 0) is 0 Å². The van der Waals surface area contributed by atoms with Gasteiger partial charge in [-0.2, -0.15) is 5.10 Å². The van der Waals surface area contributed by atoms with Crippen LogP contribution in [0, 0.1) is 12.3 Å². The molecule has 1 aliphatic carbocycles. The van der Waals surface area contributed by atoms with Gasteiger partial charge in [-0.05, 0) is 105 Å². The van der Waals surface area contributed by atoms with Crippen LogP contribution in [0.3, 0.4) is 0 Å². The molecule has 0 spiro atoms. The van der Waals surface area contributed by atoms with Crippen molar-refractivity contribution in [3.8, 4) is 22.3 Å². The average molecular weight is 618 g/mol. The first kappa shape index (κ1) is 29.0. The predicted molar refractivity (Wildman–Crippen MR) is 200 cm³/mol. The molecule has 0 saturated heterocycles. The van der Waals surface area contributed by atoms with E-state index in [4.69, 9.17) is 10.5 Å². The monoisotopic (exact) mass is 617 g/mol. The van der Waals surface area contributed by atoms with Crippen LogP contribution < -0.4 is 5.43 Å². The summed E-state index contributed by atoms with van der Waals surface area (Å²) in [7, 11) is 0. The second-order valence-corrected chi connectivity index (χ2v) is 11.9. The van der Waals surface area contributed by atoms with E-state index in [1.165, 1.54) is 38.2 Å². The summed E-state index contributed by atoms with van der Waals surface area (Å²) in [6.07, 6.45) is 7.44. The number of nitrogens with zero attached hydrogens (tertiary/aromatic N) is 3. The zero-order valence-electron chi connectivity index (χ0n) is 26.4. The van der Waals surface area contributed by atoms with Crippen molar-refractivity contribution in [3.63, 3.8) is 0 Å². The number of hydrogen-bond acceptors (Lipinski definition) is 5. The standard InChI is InChI=1S/C43H31N5/c1-28-21-23-46-39(24-28)31-26-37(38-20-9-10-22-45-38)43(44)40(27-31)48-47-32-15-11-14-30(25-32)42-35-18-7-5-16-33(35)41(29-12-3-2-4-13-29)34-17-6-8-19-36(34)42/h2-27,44,47H,1H3/b44-43?,48-40-. The number of allylic oxidation sites excluding steroid dienone is 4. The van der Waals surface area contributed by atoms with E-state index in [0.717, 1.165) is 28.1 Å². The Morgan fingerprint density at radius 1 is 0.562 bits per heavy atom. The van der Waals surface area contributed by atoms with Gasteiger partial charge in [-0.3, -0.25) is 20.8 Å². The molecule has 0 atom stereocenters. The first-order valence-electron chi connectivity index (χ1n) is 15.9. The first-order chi connectivity index (χ1) is 23.6. The molecule has 0 aliphatic heterocycles. The fourth-order valence-corrected chi connectivity index (χ4v) is 6.51. The Bertz CT molecular complexity index is 2380. The molecule has 7 aromatic rings. The molecule has 228 valence electrons. The van der Waals surface area contributed by atoms with Gasteiger partial charge in [0.2, 0.25) is 0 Å². The summed E-state index contributed by atoms with van der Waals surface area (Å²) in [5, 5.41) is 18.7. The van der Waals surface area contributed by atoms with Gasteiger partial charge in [0.15, 0.2) is 0 Å². The zero-order valence-corrected chi connectivity index (χ0v) is 26.4. The van der Waals surface area contributed by atoms with Crippen LogP contribution in [0.25, 0.3) is 54.9 Å². The summed E-state index contributed by atoms with van der Waals surface area (Å²) in [5.74, 6) is 0. The lowest BCUT2D eigenvalue weighted by Gasteiger charge is -2.18. The maximum Gasteiger partial charge on any atom is 0.110 e. The molecule has 0 saturated carbocycles. The minimum absolute atomic E-state index is 0.294. The van der Waals surface area contributed by atoms with Gasteiger partial charge in [0.1, 0.15) is 5.71 Å². The maximum atomic E-state index is 9.11. The number of aryl methyl sites for hydroxylation is 1. The Morgan fingerprint density at radius 3 is 1.85 bits per heavy atom. The minimum Gasteiger partial charge on any atom is -0.298 e. The molecule has 0 unspecified atom stereocenters. The molecule has 2 N–H and O–H groups in total. The van der Waals surface area contributed by atoms with Crippen molar-refractivity contribution in [3.05, 3.63) is 175 Å². The molecular weight excluding hydrogens is 587 g/mol.